The fourth-order valence-corrected chi connectivity index (χ4v) is 1.29. The number of nitrogens with two attached hydrogens (primary N) is 1. The van der Waals surface area contributed by atoms with Crippen LogP contribution in [-0.4, -0.2) is 37.8 Å². The van der Waals surface area contributed by atoms with Crippen LogP contribution in [0.5, 0.6) is 5.75 Å². The van der Waals surface area contributed by atoms with Crippen LogP contribution in [0.25, 0.3) is 0 Å². The number of rotatable bonds is 6. The van der Waals surface area contributed by atoms with Gasteiger partial charge in [-0.25, -0.2) is 4.79 Å². The van der Waals surface area contributed by atoms with Gasteiger partial charge in [0.2, 0.25) is 5.91 Å². The molecule has 0 aliphatic heterocycles. The number of nitro groups is 3. The van der Waals surface area contributed by atoms with Crippen LogP contribution in [0.3, 0.4) is 0 Å². The van der Waals surface area contributed by atoms with Crippen LogP contribution >= 0.6 is 0 Å². The van der Waals surface area contributed by atoms with E-state index in [0.717, 1.165) is 0 Å². The first kappa shape index (κ1) is 21.1. The predicted molar refractivity (Wildman–Crippen MR) is 74.0 cm³/mol. The van der Waals surface area contributed by atoms with Crippen LogP contribution in [0.1, 0.15) is 6.42 Å². The number of carbonyl (C=O) groups excluding carboxylic acids is 1. The third-order valence-electron chi connectivity index (χ3n) is 2.44. The highest BCUT2D eigenvalue weighted by Gasteiger charge is 2.24. The van der Waals surface area contributed by atoms with Crippen LogP contribution in [-0.2, 0) is 9.59 Å². The molecule has 1 rings (SSSR count). The monoisotopic (exact) mass is 361 g/mol. The molecule has 1 amide bonds. The second-order valence-electron chi connectivity index (χ2n) is 4.29. The molecule has 1 atom stereocenters. The van der Waals surface area contributed by atoms with E-state index in [-0.39, 0.29) is 6.42 Å². The Bertz CT molecular complexity index is 698. The van der Waals surface area contributed by atoms with Gasteiger partial charge in [-0.1, -0.05) is 0 Å². The Balaban J connectivity index is 0.000000547. The first-order valence-electron chi connectivity index (χ1n) is 6.00. The minimum Gasteiger partial charge on any atom is -0.863 e. The molecule has 1 aromatic rings. The summed E-state index contributed by atoms with van der Waals surface area (Å²) >= 11 is 0. The molecular formula is C10H11N5O10. The number of carboxylic acids is 1. The van der Waals surface area contributed by atoms with Crippen LogP contribution in [0.15, 0.2) is 12.1 Å². The molecule has 0 bridgehead atoms. The number of benzene rings is 1. The number of hydrogen-bond acceptors (Lipinski definition) is 9. The largest absolute Gasteiger partial charge is 0.863 e. The predicted octanol–water partition coefficient (Wildman–Crippen LogP) is -1.96. The van der Waals surface area contributed by atoms with Gasteiger partial charge in [0.05, 0.1) is 39.1 Å². The summed E-state index contributed by atoms with van der Waals surface area (Å²) in [6, 6.07) is -0.146. The van der Waals surface area contributed by atoms with Gasteiger partial charge in [-0.15, -0.1) is 0 Å². The average molecular weight is 361 g/mol. The van der Waals surface area contributed by atoms with Gasteiger partial charge >= 0.3 is 5.97 Å². The summed E-state index contributed by atoms with van der Waals surface area (Å²) in [5.74, 6) is -3.20. The molecule has 0 aliphatic carbocycles. The molecule has 0 radical (unpaired) electrons. The van der Waals surface area contributed by atoms with Crippen LogP contribution in [0.4, 0.5) is 17.1 Å². The third kappa shape index (κ3) is 6.40. The van der Waals surface area contributed by atoms with Crippen molar-refractivity contribution in [1.29, 1.82) is 0 Å². The van der Waals surface area contributed by atoms with E-state index in [1.54, 1.807) is 0 Å². The highest BCUT2D eigenvalue weighted by atomic mass is 16.6. The summed E-state index contributed by atoms with van der Waals surface area (Å²) < 4.78 is 0. The zero-order valence-corrected chi connectivity index (χ0v) is 12.2. The lowest BCUT2D eigenvalue weighted by Gasteiger charge is -2.06. The van der Waals surface area contributed by atoms with E-state index in [1.165, 1.54) is 0 Å². The topological polar surface area (TPSA) is 261 Å². The molecule has 0 aromatic heterocycles. The molecule has 15 nitrogen and oxygen atoms in total. The number of aliphatic carboxylic acids is 1. The number of primary amides is 1. The van der Waals surface area contributed by atoms with Crippen molar-refractivity contribution in [3.63, 3.8) is 0 Å². The Kier molecular flexibility index (Phi) is 7.33. The van der Waals surface area contributed by atoms with Gasteiger partial charge in [-0.2, -0.15) is 0 Å². The normalized spacial score (nSPS) is 10.8. The smallest absolute Gasteiger partial charge is 0.362 e. The number of carbonyl (C=O) groups is 2. The minimum absolute atomic E-state index is 0.199. The number of amides is 1. The van der Waals surface area contributed by atoms with E-state index in [2.05, 4.69) is 11.5 Å². The van der Waals surface area contributed by atoms with E-state index < -0.39 is 55.5 Å². The first-order chi connectivity index (χ1) is 11.4. The molecule has 6 N–H and O–H groups in total. The van der Waals surface area contributed by atoms with E-state index >= 15 is 0 Å². The third-order valence-corrected chi connectivity index (χ3v) is 2.44. The molecule has 136 valence electrons. The lowest BCUT2D eigenvalue weighted by Crippen LogP contribution is -2.65. The van der Waals surface area contributed by atoms with Crippen molar-refractivity contribution < 1.29 is 40.3 Å². The van der Waals surface area contributed by atoms with Gasteiger partial charge in [0.25, 0.3) is 17.1 Å². The fraction of sp³-hybridized carbons (Fsp3) is 0.200. The van der Waals surface area contributed by atoms with Gasteiger partial charge < -0.3 is 21.7 Å². The van der Waals surface area contributed by atoms with Crippen molar-refractivity contribution in [2.45, 2.75) is 12.5 Å². The van der Waals surface area contributed by atoms with Crippen molar-refractivity contribution in [3.8, 4) is 5.75 Å². The molecule has 1 aromatic carbocycles. The summed E-state index contributed by atoms with van der Waals surface area (Å²) in [7, 11) is 0. The number of non-ortho nitro benzene ring substituents is 1. The molecule has 0 saturated heterocycles. The second kappa shape index (κ2) is 8.67. The average Bonchev–Trinajstić information content (AvgIpc) is 2.46. The molecule has 0 spiro atoms. The second-order valence-corrected chi connectivity index (χ2v) is 4.29. The van der Waals surface area contributed by atoms with Crippen LogP contribution in [0.2, 0.25) is 0 Å². The summed E-state index contributed by atoms with van der Waals surface area (Å²) in [4.78, 5) is 47.5. The van der Waals surface area contributed by atoms with Gasteiger partial charge in [-0.05, 0) is 0 Å². The van der Waals surface area contributed by atoms with Crippen molar-refractivity contribution in [1.82, 2.24) is 0 Å². The summed E-state index contributed by atoms with van der Waals surface area (Å²) in [6.07, 6.45) is -0.199. The van der Waals surface area contributed by atoms with E-state index in [4.69, 9.17) is 5.11 Å². The summed E-state index contributed by atoms with van der Waals surface area (Å²) in [5, 5.41) is 50.3. The summed E-state index contributed by atoms with van der Waals surface area (Å²) in [5.41, 5.74) is 4.60. The number of nitro benzene ring substituents is 3. The SMILES string of the molecule is NC(=O)C[C@H]([NH3+])C(=O)O.O=[N+]([O-])c1cc([N+](=O)[O-])c([O-])c([N+](=O)[O-])c1. The molecule has 0 fully saturated rings. The van der Waals surface area contributed by atoms with Gasteiger partial charge in [-0.3, -0.25) is 35.1 Å². The molecule has 0 saturated carbocycles. The highest BCUT2D eigenvalue weighted by Crippen LogP contribution is 2.36. The Morgan fingerprint density at radius 2 is 1.48 bits per heavy atom. The fourth-order valence-electron chi connectivity index (χ4n) is 1.29. The number of hydrogen-bond donors (Lipinski definition) is 3. The Morgan fingerprint density at radius 1 is 1.08 bits per heavy atom. The Morgan fingerprint density at radius 3 is 1.68 bits per heavy atom. The number of carboxylic acid groups (broad SMARTS) is 1. The Labute approximate surface area is 136 Å². The van der Waals surface area contributed by atoms with Gasteiger partial charge in [0.15, 0.2) is 6.04 Å². The zero-order chi connectivity index (χ0) is 19.9. The zero-order valence-electron chi connectivity index (χ0n) is 12.2. The van der Waals surface area contributed by atoms with E-state index in [0.29, 0.717) is 12.1 Å². The molecule has 0 heterocycles. The lowest BCUT2D eigenvalue weighted by molar-refractivity contribution is -0.420. The highest BCUT2D eigenvalue weighted by molar-refractivity contribution is 5.82. The minimum atomic E-state index is -1.46. The van der Waals surface area contributed by atoms with Crippen LogP contribution < -0.4 is 16.6 Å². The van der Waals surface area contributed by atoms with Crippen molar-refractivity contribution in [2.75, 3.05) is 0 Å². The van der Waals surface area contributed by atoms with Gasteiger partial charge in [0, 0.05) is 0 Å². The van der Waals surface area contributed by atoms with Crippen LogP contribution in [0, 0.1) is 30.3 Å². The van der Waals surface area contributed by atoms with Crippen molar-refractivity contribution in [2.24, 2.45) is 5.73 Å². The van der Waals surface area contributed by atoms with E-state index in [1.807, 2.05) is 0 Å². The molecule has 0 aliphatic rings. The Hall–Kier alpha value is -3.88. The molecule has 0 unspecified atom stereocenters. The maximum atomic E-state index is 11.1. The summed E-state index contributed by atoms with van der Waals surface area (Å²) in [6.45, 7) is 0. The van der Waals surface area contributed by atoms with Crippen molar-refractivity contribution in [3.05, 3.63) is 42.5 Å². The number of quaternary nitrogens is 1. The molecule has 25 heavy (non-hydrogen) atoms. The molecule has 15 heteroatoms. The lowest BCUT2D eigenvalue weighted by atomic mass is 10.2. The first-order valence-corrected chi connectivity index (χ1v) is 6.00. The maximum absolute atomic E-state index is 11.1. The molecular weight excluding hydrogens is 350 g/mol. The standard InChI is InChI=1S/C6H3N3O7.C4H8N2O3/c10-6-4(8(13)14)1-3(7(11)12)2-5(6)9(15)16;5-2(4(8)9)1-3(6)7/h1-2,10H;2H,1,5H2,(H2,6,7)(H,8,9)/t;2-/m.0/s1. The number of nitrogens with zero attached hydrogens (tertiary/aromatic N) is 3. The van der Waals surface area contributed by atoms with Crippen molar-refractivity contribution >= 4 is 28.9 Å². The van der Waals surface area contributed by atoms with E-state index in [9.17, 15) is 45.0 Å². The van der Waals surface area contributed by atoms with Gasteiger partial charge in [0.1, 0.15) is 0 Å². The quantitative estimate of drug-likeness (QED) is 0.372. The maximum Gasteiger partial charge on any atom is 0.362 e.